The van der Waals surface area contributed by atoms with E-state index in [-0.39, 0.29) is 17.7 Å². The van der Waals surface area contributed by atoms with E-state index in [1.54, 1.807) is 23.1 Å². The summed E-state index contributed by atoms with van der Waals surface area (Å²) in [5.74, 6) is 0.169. The summed E-state index contributed by atoms with van der Waals surface area (Å²) in [5, 5.41) is 4.05. The van der Waals surface area contributed by atoms with E-state index in [9.17, 15) is 9.59 Å². The van der Waals surface area contributed by atoms with Crippen molar-refractivity contribution >= 4 is 50.7 Å². The Morgan fingerprint density at radius 3 is 2.89 bits per heavy atom. The molecule has 19 heavy (non-hydrogen) atoms. The quantitative estimate of drug-likeness (QED) is 0.856. The first-order valence-corrected chi connectivity index (χ1v) is 7.44. The van der Waals surface area contributed by atoms with Crippen molar-refractivity contribution in [2.45, 2.75) is 13.3 Å². The van der Waals surface area contributed by atoms with Gasteiger partial charge in [-0.15, -0.1) is 0 Å². The minimum Gasteiger partial charge on any atom is -0.325 e. The first kappa shape index (κ1) is 14.3. The van der Waals surface area contributed by atoms with Gasteiger partial charge in [0.15, 0.2) is 0 Å². The molecule has 2 rings (SSSR count). The van der Waals surface area contributed by atoms with Crippen LogP contribution in [0.2, 0.25) is 5.02 Å². The van der Waals surface area contributed by atoms with Crippen LogP contribution in [0.25, 0.3) is 0 Å². The van der Waals surface area contributed by atoms with Crippen LogP contribution in [0.5, 0.6) is 0 Å². The van der Waals surface area contributed by atoms with Crippen LogP contribution in [-0.2, 0) is 9.59 Å². The zero-order valence-electron chi connectivity index (χ0n) is 10.5. The van der Waals surface area contributed by atoms with E-state index in [1.165, 1.54) is 6.92 Å². The first-order valence-electron chi connectivity index (χ1n) is 5.94. The standard InChI is InChI=1S/C13H14BrClN2O2/c1-8(18)16-11-3-2-10(15)5-12(11)17-7-9(6-14)4-13(17)19/h2-3,5,9H,4,6-7H2,1H3,(H,16,18). The van der Waals surface area contributed by atoms with E-state index in [1.807, 2.05) is 0 Å². The lowest BCUT2D eigenvalue weighted by Gasteiger charge is -2.20. The van der Waals surface area contributed by atoms with E-state index in [0.29, 0.717) is 29.4 Å². The number of carbonyl (C=O) groups excluding carboxylic acids is 2. The van der Waals surface area contributed by atoms with Gasteiger partial charge in [-0.3, -0.25) is 9.59 Å². The van der Waals surface area contributed by atoms with Gasteiger partial charge in [-0.1, -0.05) is 27.5 Å². The van der Waals surface area contributed by atoms with Gasteiger partial charge in [0.1, 0.15) is 0 Å². The molecule has 0 spiro atoms. The SMILES string of the molecule is CC(=O)Nc1ccc(Cl)cc1N1CC(CBr)CC1=O. The maximum absolute atomic E-state index is 12.0. The van der Waals surface area contributed by atoms with Gasteiger partial charge >= 0.3 is 0 Å². The molecule has 0 radical (unpaired) electrons. The van der Waals surface area contributed by atoms with E-state index < -0.39 is 0 Å². The van der Waals surface area contributed by atoms with Crippen molar-refractivity contribution in [2.75, 3.05) is 22.1 Å². The second-order valence-corrected chi connectivity index (χ2v) is 5.66. The molecule has 1 saturated heterocycles. The van der Waals surface area contributed by atoms with Crippen LogP contribution in [-0.4, -0.2) is 23.7 Å². The van der Waals surface area contributed by atoms with Gasteiger partial charge in [0.05, 0.1) is 11.4 Å². The van der Waals surface area contributed by atoms with Crippen LogP contribution in [0, 0.1) is 5.92 Å². The molecule has 6 heteroatoms. The zero-order valence-corrected chi connectivity index (χ0v) is 12.8. The average molecular weight is 346 g/mol. The Bertz CT molecular complexity index is 521. The number of alkyl halides is 1. The highest BCUT2D eigenvalue weighted by molar-refractivity contribution is 9.09. The topological polar surface area (TPSA) is 49.4 Å². The van der Waals surface area contributed by atoms with Crippen molar-refractivity contribution in [3.05, 3.63) is 23.2 Å². The summed E-state index contributed by atoms with van der Waals surface area (Å²) in [4.78, 5) is 24.9. The highest BCUT2D eigenvalue weighted by Crippen LogP contribution is 2.34. The average Bonchev–Trinajstić information content (AvgIpc) is 2.72. The third-order valence-corrected chi connectivity index (χ3v) is 4.14. The van der Waals surface area contributed by atoms with E-state index in [4.69, 9.17) is 11.6 Å². The second-order valence-electron chi connectivity index (χ2n) is 4.57. The molecular weight excluding hydrogens is 332 g/mol. The largest absolute Gasteiger partial charge is 0.325 e. The summed E-state index contributed by atoms with van der Waals surface area (Å²) in [6.07, 6.45) is 0.511. The Hall–Kier alpha value is -1.07. The Labute approximate surface area is 125 Å². The predicted molar refractivity (Wildman–Crippen MR) is 80.0 cm³/mol. The molecule has 1 aromatic rings. The Morgan fingerprint density at radius 1 is 1.58 bits per heavy atom. The molecule has 4 nitrogen and oxygen atoms in total. The molecule has 1 aliphatic heterocycles. The third kappa shape index (κ3) is 3.28. The number of nitrogens with zero attached hydrogens (tertiary/aromatic N) is 1. The molecule has 0 saturated carbocycles. The number of anilines is 2. The van der Waals surface area contributed by atoms with Crippen LogP contribution >= 0.6 is 27.5 Å². The molecule has 1 heterocycles. The summed E-state index contributed by atoms with van der Waals surface area (Å²) in [6.45, 7) is 2.07. The van der Waals surface area contributed by atoms with Crippen LogP contribution in [0.3, 0.4) is 0 Å². The van der Waals surface area contributed by atoms with E-state index >= 15 is 0 Å². The number of carbonyl (C=O) groups is 2. The highest BCUT2D eigenvalue weighted by atomic mass is 79.9. The molecular formula is C13H14BrClN2O2. The fraction of sp³-hybridized carbons (Fsp3) is 0.385. The molecule has 0 bridgehead atoms. The van der Waals surface area contributed by atoms with Gasteiger partial charge < -0.3 is 10.2 Å². The normalized spacial score (nSPS) is 18.8. The Balaban J connectivity index is 2.35. The Morgan fingerprint density at radius 2 is 2.32 bits per heavy atom. The lowest BCUT2D eigenvalue weighted by atomic mass is 10.2. The number of halogens is 2. The van der Waals surface area contributed by atoms with Gasteiger partial charge in [0.2, 0.25) is 11.8 Å². The molecule has 0 aromatic heterocycles. The van der Waals surface area contributed by atoms with Crippen molar-refractivity contribution in [2.24, 2.45) is 5.92 Å². The number of hydrogen-bond acceptors (Lipinski definition) is 2. The molecule has 1 atom stereocenters. The zero-order chi connectivity index (χ0) is 14.0. The third-order valence-electron chi connectivity index (χ3n) is 2.98. The van der Waals surface area contributed by atoms with Gasteiger partial charge in [0, 0.05) is 30.2 Å². The van der Waals surface area contributed by atoms with Gasteiger partial charge in [-0.05, 0) is 24.1 Å². The number of rotatable bonds is 3. The Kier molecular flexibility index (Phi) is 4.47. The van der Waals surface area contributed by atoms with Gasteiger partial charge in [0.25, 0.3) is 0 Å². The summed E-state index contributed by atoms with van der Waals surface area (Å²) in [5.41, 5.74) is 1.27. The van der Waals surface area contributed by atoms with E-state index in [2.05, 4.69) is 21.2 Å². The summed E-state index contributed by atoms with van der Waals surface area (Å²) in [6, 6.07) is 5.12. The van der Waals surface area contributed by atoms with Gasteiger partial charge in [-0.2, -0.15) is 0 Å². The smallest absolute Gasteiger partial charge is 0.227 e. The van der Waals surface area contributed by atoms with Crippen LogP contribution in [0.1, 0.15) is 13.3 Å². The minimum absolute atomic E-state index is 0.0540. The monoisotopic (exact) mass is 344 g/mol. The first-order chi connectivity index (χ1) is 9.01. The molecule has 1 fully saturated rings. The predicted octanol–water partition coefficient (Wildman–Crippen LogP) is 3.05. The number of amides is 2. The van der Waals surface area contributed by atoms with Crippen molar-refractivity contribution < 1.29 is 9.59 Å². The minimum atomic E-state index is -0.174. The highest BCUT2D eigenvalue weighted by Gasteiger charge is 2.31. The summed E-state index contributed by atoms with van der Waals surface area (Å²) >= 11 is 9.39. The maximum atomic E-state index is 12.0. The van der Waals surface area contributed by atoms with Crippen LogP contribution in [0.4, 0.5) is 11.4 Å². The second kappa shape index (κ2) is 5.92. The molecule has 0 aliphatic carbocycles. The van der Waals surface area contributed by atoms with Gasteiger partial charge in [-0.25, -0.2) is 0 Å². The van der Waals surface area contributed by atoms with Crippen LogP contribution < -0.4 is 10.2 Å². The fourth-order valence-corrected chi connectivity index (χ4v) is 2.74. The van der Waals surface area contributed by atoms with Crippen molar-refractivity contribution in [1.29, 1.82) is 0 Å². The number of nitrogens with one attached hydrogen (secondary N) is 1. The van der Waals surface area contributed by atoms with Crippen molar-refractivity contribution in [3.8, 4) is 0 Å². The fourth-order valence-electron chi connectivity index (χ4n) is 2.14. The summed E-state index contributed by atoms with van der Waals surface area (Å²) in [7, 11) is 0. The molecule has 2 amide bonds. The molecule has 102 valence electrons. The molecule has 1 aromatic carbocycles. The molecule has 1 N–H and O–H groups in total. The maximum Gasteiger partial charge on any atom is 0.227 e. The number of hydrogen-bond donors (Lipinski definition) is 1. The lowest BCUT2D eigenvalue weighted by molar-refractivity contribution is -0.117. The molecule has 1 aliphatic rings. The lowest BCUT2D eigenvalue weighted by Crippen LogP contribution is -2.26. The van der Waals surface area contributed by atoms with Crippen molar-refractivity contribution in [1.82, 2.24) is 0 Å². The van der Waals surface area contributed by atoms with E-state index in [0.717, 1.165) is 5.33 Å². The molecule has 1 unspecified atom stereocenters. The summed E-state index contributed by atoms with van der Waals surface area (Å²) < 4.78 is 0. The number of benzene rings is 1. The van der Waals surface area contributed by atoms with Crippen LogP contribution in [0.15, 0.2) is 18.2 Å². The van der Waals surface area contributed by atoms with Crippen molar-refractivity contribution in [3.63, 3.8) is 0 Å².